The lowest BCUT2D eigenvalue weighted by atomic mass is 10.0. The van der Waals surface area contributed by atoms with E-state index < -0.39 is 0 Å². The SMILES string of the molecule is CNC(Cc1ccccc1Cl)c1cc(Cl)sc1Cl. The molecule has 2 rings (SSSR count). The molecule has 1 aromatic carbocycles. The summed E-state index contributed by atoms with van der Waals surface area (Å²) in [5, 5.41) is 4.03. The van der Waals surface area contributed by atoms with Crippen LogP contribution in [0.3, 0.4) is 0 Å². The van der Waals surface area contributed by atoms with E-state index >= 15 is 0 Å². The third kappa shape index (κ3) is 3.19. The molecule has 1 nitrogen and oxygen atoms in total. The first-order chi connectivity index (χ1) is 8.61. The fraction of sp³-hybridized carbons (Fsp3) is 0.231. The number of likely N-dealkylation sites (N-methyl/N-ethyl adjacent to an activating group) is 1. The number of benzene rings is 1. The lowest BCUT2D eigenvalue weighted by molar-refractivity contribution is 0.594. The minimum Gasteiger partial charge on any atom is -0.313 e. The van der Waals surface area contributed by atoms with Crippen LogP contribution in [0.15, 0.2) is 30.3 Å². The highest BCUT2D eigenvalue weighted by Crippen LogP contribution is 2.36. The molecule has 0 saturated heterocycles. The Labute approximate surface area is 126 Å². The zero-order chi connectivity index (χ0) is 13.1. The number of hydrogen-bond donors (Lipinski definition) is 1. The standard InChI is InChI=1S/C13H12Cl3NS/c1-17-11(9-7-12(15)18-13(9)16)6-8-4-2-3-5-10(8)14/h2-5,7,11,17H,6H2,1H3. The van der Waals surface area contributed by atoms with Crippen molar-refractivity contribution in [3.8, 4) is 0 Å². The molecule has 5 heteroatoms. The van der Waals surface area contributed by atoms with Gasteiger partial charge in [-0.2, -0.15) is 0 Å². The molecule has 0 saturated carbocycles. The molecule has 0 radical (unpaired) electrons. The highest BCUT2D eigenvalue weighted by atomic mass is 35.5. The average molecular weight is 321 g/mol. The van der Waals surface area contributed by atoms with E-state index in [1.54, 1.807) is 0 Å². The number of halogens is 3. The lowest BCUT2D eigenvalue weighted by Crippen LogP contribution is -2.18. The minimum atomic E-state index is 0.112. The van der Waals surface area contributed by atoms with Gasteiger partial charge >= 0.3 is 0 Å². The average Bonchev–Trinajstić information content (AvgIpc) is 2.67. The van der Waals surface area contributed by atoms with Crippen LogP contribution in [0, 0.1) is 0 Å². The summed E-state index contributed by atoms with van der Waals surface area (Å²) in [6, 6.07) is 9.85. The maximum absolute atomic E-state index is 6.19. The first kappa shape index (κ1) is 14.2. The zero-order valence-electron chi connectivity index (χ0n) is 9.71. The summed E-state index contributed by atoms with van der Waals surface area (Å²) < 4.78 is 1.43. The summed E-state index contributed by atoms with van der Waals surface area (Å²) in [5.41, 5.74) is 2.12. The van der Waals surface area contributed by atoms with E-state index in [1.807, 2.05) is 37.4 Å². The van der Waals surface area contributed by atoms with Gasteiger partial charge in [0.05, 0.1) is 8.67 Å². The summed E-state index contributed by atoms with van der Waals surface area (Å²) in [7, 11) is 1.91. The highest BCUT2D eigenvalue weighted by Gasteiger charge is 2.17. The first-order valence-corrected chi connectivity index (χ1v) is 7.42. The Hall–Kier alpha value is -0.250. The predicted octanol–water partition coefficient (Wildman–Crippen LogP) is 5.21. The molecule has 1 aromatic heterocycles. The van der Waals surface area contributed by atoms with Crippen molar-refractivity contribution >= 4 is 46.1 Å². The van der Waals surface area contributed by atoms with Crippen molar-refractivity contribution in [3.63, 3.8) is 0 Å². The van der Waals surface area contributed by atoms with Gasteiger partial charge in [-0.15, -0.1) is 11.3 Å². The summed E-state index contributed by atoms with van der Waals surface area (Å²) >= 11 is 19.7. The molecule has 18 heavy (non-hydrogen) atoms. The lowest BCUT2D eigenvalue weighted by Gasteiger charge is -2.16. The number of rotatable bonds is 4. The molecule has 2 aromatic rings. The Morgan fingerprint density at radius 2 is 1.94 bits per heavy atom. The fourth-order valence-electron chi connectivity index (χ4n) is 1.84. The van der Waals surface area contributed by atoms with Crippen LogP contribution in [0.2, 0.25) is 13.7 Å². The van der Waals surface area contributed by atoms with Crippen LogP contribution >= 0.6 is 46.1 Å². The van der Waals surface area contributed by atoms with Crippen LogP contribution in [0.4, 0.5) is 0 Å². The molecule has 1 unspecified atom stereocenters. The molecule has 1 N–H and O–H groups in total. The van der Waals surface area contributed by atoms with E-state index in [1.165, 1.54) is 11.3 Å². The van der Waals surface area contributed by atoms with Crippen LogP contribution in [0.5, 0.6) is 0 Å². The second-order valence-electron chi connectivity index (χ2n) is 3.92. The summed E-state index contributed by atoms with van der Waals surface area (Å²) in [6.07, 6.45) is 0.781. The third-order valence-corrected chi connectivity index (χ3v) is 4.68. The van der Waals surface area contributed by atoms with Crippen molar-refractivity contribution in [1.82, 2.24) is 5.32 Å². The van der Waals surface area contributed by atoms with Gasteiger partial charge in [-0.05, 0) is 31.2 Å². The maximum atomic E-state index is 6.19. The molecule has 0 fully saturated rings. The molecule has 96 valence electrons. The van der Waals surface area contributed by atoms with Crippen molar-refractivity contribution < 1.29 is 0 Å². The molecule has 0 spiro atoms. The van der Waals surface area contributed by atoms with Crippen LogP contribution in [-0.2, 0) is 6.42 Å². The van der Waals surface area contributed by atoms with Crippen molar-refractivity contribution in [2.75, 3.05) is 7.05 Å². The smallest absolute Gasteiger partial charge is 0.0992 e. The van der Waals surface area contributed by atoms with Gasteiger partial charge in [0.25, 0.3) is 0 Å². The Morgan fingerprint density at radius 1 is 1.22 bits per heavy atom. The normalized spacial score (nSPS) is 12.7. The summed E-state index contributed by atoms with van der Waals surface area (Å²) in [4.78, 5) is 0. The van der Waals surface area contributed by atoms with E-state index in [4.69, 9.17) is 34.8 Å². The summed E-state index contributed by atoms with van der Waals surface area (Å²) in [6.45, 7) is 0. The monoisotopic (exact) mass is 319 g/mol. The fourth-order valence-corrected chi connectivity index (χ4v) is 3.63. The molecule has 0 bridgehead atoms. The van der Waals surface area contributed by atoms with Gasteiger partial charge in [-0.25, -0.2) is 0 Å². The highest BCUT2D eigenvalue weighted by molar-refractivity contribution is 7.20. The zero-order valence-corrected chi connectivity index (χ0v) is 12.8. The molecule has 0 amide bonds. The maximum Gasteiger partial charge on any atom is 0.0992 e. The molecule has 0 aliphatic heterocycles. The van der Waals surface area contributed by atoms with Gasteiger partial charge in [0.15, 0.2) is 0 Å². The molecule has 0 aliphatic rings. The van der Waals surface area contributed by atoms with Gasteiger partial charge < -0.3 is 5.32 Å². The van der Waals surface area contributed by atoms with Crippen LogP contribution in [-0.4, -0.2) is 7.05 Å². The van der Waals surface area contributed by atoms with Gasteiger partial charge in [-0.3, -0.25) is 0 Å². The van der Waals surface area contributed by atoms with Crippen LogP contribution in [0.25, 0.3) is 0 Å². The Bertz CT molecular complexity index is 539. The van der Waals surface area contributed by atoms with Gasteiger partial charge in [0.1, 0.15) is 0 Å². The van der Waals surface area contributed by atoms with Crippen molar-refractivity contribution in [2.24, 2.45) is 0 Å². The summed E-state index contributed by atoms with van der Waals surface area (Å²) in [5.74, 6) is 0. The topological polar surface area (TPSA) is 12.0 Å². The number of nitrogens with one attached hydrogen (secondary N) is 1. The number of thiophene rings is 1. The van der Waals surface area contributed by atoms with Crippen LogP contribution in [0.1, 0.15) is 17.2 Å². The van der Waals surface area contributed by atoms with E-state index in [0.717, 1.165) is 26.9 Å². The first-order valence-electron chi connectivity index (χ1n) is 5.47. The molecule has 1 heterocycles. The number of hydrogen-bond acceptors (Lipinski definition) is 2. The van der Waals surface area contributed by atoms with Gasteiger partial charge in [0.2, 0.25) is 0 Å². The second-order valence-corrected chi connectivity index (χ2v) is 6.61. The van der Waals surface area contributed by atoms with Crippen molar-refractivity contribution in [1.29, 1.82) is 0 Å². The van der Waals surface area contributed by atoms with E-state index in [2.05, 4.69) is 5.32 Å². The molecular weight excluding hydrogens is 309 g/mol. The quantitative estimate of drug-likeness (QED) is 0.815. The molecular formula is C13H12Cl3NS. The van der Waals surface area contributed by atoms with E-state index in [9.17, 15) is 0 Å². The van der Waals surface area contributed by atoms with E-state index in [-0.39, 0.29) is 6.04 Å². The Balaban J connectivity index is 2.25. The van der Waals surface area contributed by atoms with Crippen LogP contribution < -0.4 is 5.32 Å². The van der Waals surface area contributed by atoms with Gasteiger partial charge in [-0.1, -0.05) is 53.0 Å². The van der Waals surface area contributed by atoms with Gasteiger partial charge in [0, 0.05) is 16.6 Å². The Morgan fingerprint density at radius 3 is 2.50 bits per heavy atom. The van der Waals surface area contributed by atoms with E-state index in [0.29, 0.717) is 4.34 Å². The molecule has 1 atom stereocenters. The second kappa shape index (κ2) is 6.27. The molecule has 0 aliphatic carbocycles. The largest absolute Gasteiger partial charge is 0.313 e. The predicted molar refractivity (Wildman–Crippen MR) is 81.3 cm³/mol. The Kier molecular flexibility index (Phi) is 4.93. The third-order valence-electron chi connectivity index (χ3n) is 2.79. The van der Waals surface area contributed by atoms with Crippen molar-refractivity contribution in [2.45, 2.75) is 12.5 Å². The van der Waals surface area contributed by atoms with Crippen molar-refractivity contribution in [3.05, 3.63) is 55.2 Å². The minimum absolute atomic E-state index is 0.112.